The molecule has 6 nitrogen and oxygen atoms in total. The number of methoxy groups -OCH3 is 1. The fourth-order valence-corrected chi connectivity index (χ4v) is 2.25. The van der Waals surface area contributed by atoms with Crippen LogP contribution >= 0.6 is 0 Å². The maximum atomic E-state index is 11.9. The molecule has 1 saturated heterocycles. The third kappa shape index (κ3) is 3.40. The number of rotatable bonds is 4. The lowest BCUT2D eigenvalue weighted by molar-refractivity contribution is 0.0947. The van der Waals surface area contributed by atoms with Crippen LogP contribution in [0.5, 0.6) is 5.75 Å². The summed E-state index contributed by atoms with van der Waals surface area (Å²) in [4.78, 5) is 24.1. The van der Waals surface area contributed by atoms with E-state index in [-0.39, 0.29) is 11.8 Å². The molecule has 0 aliphatic carbocycles. The van der Waals surface area contributed by atoms with Gasteiger partial charge in [-0.15, -0.1) is 0 Å². The number of hydrogen-bond acceptors (Lipinski definition) is 3. The van der Waals surface area contributed by atoms with Gasteiger partial charge in [0.2, 0.25) is 0 Å². The van der Waals surface area contributed by atoms with Gasteiger partial charge in [0.15, 0.2) is 0 Å². The highest BCUT2D eigenvalue weighted by molar-refractivity contribution is 5.94. The molecule has 1 aromatic rings. The van der Waals surface area contributed by atoms with Gasteiger partial charge in [-0.05, 0) is 36.6 Å². The fraction of sp³-hybridized carbons (Fsp3) is 0.429. The molecule has 0 bridgehead atoms. The largest absolute Gasteiger partial charge is 0.497 e. The first-order valence-corrected chi connectivity index (χ1v) is 6.50. The van der Waals surface area contributed by atoms with Gasteiger partial charge in [0.05, 0.1) is 7.11 Å². The second-order valence-corrected chi connectivity index (χ2v) is 4.82. The van der Waals surface area contributed by atoms with Crippen molar-refractivity contribution in [3.63, 3.8) is 0 Å². The molecule has 0 saturated carbocycles. The van der Waals surface area contributed by atoms with Crippen molar-refractivity contribution in [2.24, 2.45) is 5.92 Å². The Bertz CT molecular complexity index is 486. The first-order valence-electron chi connectivity index (χ1n) is 6.50. The Morgan fingerprint density at radius 3 is 2.65 bits per heavy atom. The standard InChI is InChI=1S/C14H18N2O4/c1-20-12-4-2-11(3-5-12)13(17)15-8-10-6-7-16(9-10)14(18)19/h2-5,10H,6-9H2,1H3,(H,15,17)(H,18,19)/t10-/m1/s1. The Hall–Kier alpha value is -2.24. The van der Waals surface area contributed by atoms with Gasteiger partial charge in [-0.25, -0.2) is 4.79 Å². The molecule has 2 rings (SSSR count). The van der Waals surface area contributed by atoms with Crippen LogP contribution < -0.4 is 10.1 Å². The van der Waals surface area contributed by atoms with E-state index < -0.39 is 6.09 Å². The number of hydrogen-bond donors (Lipinski definition) is 2. The maximum absolute atomic E-state index is 11.9. The lowest BCUT2D eigenvalue weighted by atomic mass is 10.1. The number of carbonyl (C=O) groups is 2. The van der Waals surface area contributed by atoms with Crippen LogP contribution in [0.2, 0.25) is 0 Å². The number of nitrogens with zero attached hydrogens (tertiary/aromatic N) is 1. The summed E-state index contributed by atoms with van der Waals surface area (Å²) >= 11 is 0. The summed E-state index contributed by atoms with van der Waals surface area (Å²) in [5.41, 5.74) is 0.568. The SMILES string of the molecule is COc1ccc(C(=O)NC[C@H]2CCN(C(=O)O)C2)cc1. The second-order valence-electron chi connectivity index (χ2n) is 4.82. The molecule has 1 atom stereocenters. The van der Waals surface area contributed by atoms with Gasteiger partial charge in [0, 0.05) is 25.2 Å². The fourth-order valence-electron chi connectivity index (χ4n) is 2.25. The van der Waals surface area contributed by atoms with E-state index in [1.165, 1.54) is 4.90 Å². The average molecular weight is 278 g/mol. The molecular formula is C14H18N2O4. The third-order valence-corrected chi connectivity index (χ3v) is 3.46. The van der Waals surface area contributed by atoms with Crippen molar-refractivity contribution < 1.29 is 19.4 Å². The van der Waals surface area contributed by atoms with Gasteiger partial charge < -0.3 is 20.1 Å². The molecule has 2 N–H and O–H groups in total. The zero-order valence-corrected chi connectivity index (χ0v) is 11.3. The molecule has 1 fully saturated rings. The smallest absolute Gasteiger partial charge is 0.407 e. The Morgan fingerprint density at radius 1 is 1.40 bits per heavy atom. The number of nitrogens with one attached hydrogen (secondary N) is 1. The van der Waals surface area contributed by atoms with Crippen LogP contribution in [0.15, 0.2) is 24.3 Å². The Kier molecular flexibility index (Phi) is 4.45. The molecule has 1 aliphatic rings. The van der Waals surface area contributed by atoms with Crippen molar-refractivity contribution in [3.8, 4) is 5.75 Å². The number of benzene rings is 1. The topological polar surface area (TPSA) is 78.9 Å². The highest BCUT2D eigenvalue weighted by Gasteiger charge is 2.25. The first-order chi connectivity index (χ1) is 9.60. The Labute approximate surface area is 117 Å². The van der Waals surface area contributed by atoms with Crippen LogP contribution in [0, 0.1) is 5.92 Å². The normalized spacial score (nSPS) is 17.9. The van der Waals surface area contributed by atoms with E-state index in [0.717, 1.165) is 6.42 Å². The number of carboxylic acid groups (broad SMARTS) is 1. The van der Waals surface area contributed by atoms with E-state index in [0.29, 0.717) is 30.9 Å². The molecule has 20 heavy (non-hydrogen) atoms. The zero-order chi connectivity index (χ0) is 14.5. The van der Waals surface area contributed by atoms with Gasteiger partial charge in [-0.1, -0.05) is 0 Å². The van der Waals surface area contributed by atoms with Gasteiger partial charge >= 0.3 is 6.09 Å². The highest BCUT2D eigenvalue weighted by Crippen LogP contribution is 2.16. The Balaban J connectivity index is 1.81. The predicted molar refractivity (Wildman–Crippen MR) is 73.0 cm³/mol. The van der Waals surface area contributed by atoms with Crippen molar-refractivity contribution in [2.75, 3.05) is 26.7 Å². The van der Waals surface area contributed by atoms with E-state index in [4.69, 9.17) is 9.84 Å². The molecule has 1 aromatic carbocycles. The van der Waals surface area contributed by atoms with E-state index >= 15 is 0 Å². The molecule has 0 aromatic heterocycles. The van der Waals surface area contributed by atoms with Crippen molar-refractivity contribution in [2.45, 2.75) is 6.42 Å². The van der Waals surface area contributed by atoms with Crippen LogP contribution in [-0.2, 0) is 0 Å². The van der Waals surface area contributed by atoms with Gasteiger partial charge in [0.25, 0.3) is 5.91 Å². The molecule has 6 heteroatoms. The summed E-state index contributed by atoms with van der Waals surface area (Å²) in [6.45, 7) is 1.52. The lowest BCUT2D eigenvalue weighted by Crippen LogP contribution is -2.32. The summed E-state index contributed by atoms with van der Waals surface area (Å²) in [6, 6.07) is 6.87. The molecule has 2 amide bonds. The molecule has 0 unspecified atom stereocenters. The van der Waals surface area contributed by atoms with E-state index in [1.54, 1.807) is 31.4 Å². The van der Waals surface area contributed by atoms with Crippen molar-refractivity contribution >= 4 is 12.0 Å². The molecule has 1 heterocycles. The summed E-state index contributed by atoms with van der Waals surface area (Å²) in [7, 11) is 1.57. The minimum atomic E-state index is -0.894. The van der Waals surface area contributed by atoms with Crippen molar-refractivity contribution in [3.05, 3.63) is 29.8 Å². The molecule has 108 valence electrons. The van der Waals surface area contributed by atoms with Crippen molar-refractivity contribution in [1.29, 1.82) is 0 Å². The second kappa shape index (κ2) is 6.27. The molecule has 0 radical (unpaired) electrons. The number of ether oxygens (including phenoxy) is 1. The number of likely N-dealkylation sites (tertiary alicyclic amines) is 1. The van der Waals surface area contributed by atoms with E-state index in [1.807, 2.05) is 0 Å². The third-order valence-electron chi connectivity index (χ3n) is 3.46. The monoisotopic (exact) mass is 278 g/mol. The summed E-state index contributed by atoms with van der Waals surface area (Å²) in [6.07, 6.45) is -0.108. The van der Waals surface area contributed by atoms with E-state index in [2.05, 4.69) is 5.32 Å². The summed E-state index contributed by atoms with van der Waals surface area (Å²) in [5.74, 6) is 0.740. The minimum Gasteiger partial charge on any atom is -0.497 e. The van der Waals surface area contributed by atoms with Gasteiger partial charge in [0.1, 0.15) is 5.75 Å². The quantitative estimate of drug-likeness (QED) is 0.873. The lowest BCUT2D eigenvalue weighted by Gasteiger charge is -2.13. The Morgan fingerprint density at radius 2 is 2.10 bits per heavy atom. The van der Waals surface area contributed by atoms with Crippen LogP contribution in [-0.4, -0.2) is 48.8 Å². The van der Waals surface area contributed by atoms with Crippen molar-refractivity contribution in [1.82, 2.24) is 10.2 Å². The number of amides is 2. The van der Waals surface area contributed by atoms with Crippen LogP contribution in [0.4, 0.5) is 4.79 Å². The maximum Gasteiger partial charge on any atom is 0.407 e. The van der Waals surface area contributed by atoms with Gasteiger partial charge in [-0.3, -0.25) is 4.79 Å². The predicted octanol–water partition coefficient (Wildman–Crippen LogP) is 1.42. The number of carbonyl (C=O) groups excluding carboxylic acids is 1. The van der Waals surface area contributed by atoms with Gasteiger partial charge in [-0.2, -0.15) is 0 Å². The zero-order valence-electron chi connectivity index (χ0n) is 11.3. The first kappa shape index (κ1) is 14.2. The molecule has 1 aliphatic heterocycles. The molecule has 0 spiro atoms. The highest BCUT2D eigenvalue weighted by atomic mass is 16.5. The average Bonchev–Trinajstić information content (AvgIpc) is 2.94. The minimum absolute atomic E-state index is 0.151. The molecular weight excluding hydrogens is 260 g/mol. The summed E-state index contributed by atoms with van der Waals surface area (Å²) < 4.78 is 5.03. The van der Waals surface area contributed by atoms with Crippen LogP contribution in [0.1, 0.15) is 16.8 Å². The van der Waals surface area contributed by atoms with Crippen LogP contribution in [0.25, 0.3) is 0 Å². The van der Waals surface area contributed by atoms with Crippen LogP contribution in [0.3, 0.4) is 0 Å². The summed E-state index contributed by atoms with van der Waals surface area (Å²) in [5, 5.41) is 11.7. The van der Waals surface area contributed by atoms with E-state index in [9.17, 15) is 9.59 Å².